The number of ether oxygens (including phenoxy) is 1. The Morgan fingerprint density at radius 2 is 1.95 bits per heavy atom. The number of nitrogens with two attached hydrogens (primary N) is 1. The van der Waals surface area contributed by atoms with Crippen molar-refractivity contribution in [2.75, 3.05) is 11.1 Å². The zero-order chi connectivity index (χ0) is 14.8. The topological polar surface area (TPSA) is 64.3 Å². The SMILES string of the molecule is CC(OC(C)(C)C)C(=O)Nc1c(N)cc(Cl)cc1Cl. The van der Waals surface area contributed by atoms with Crippen molar-refractivity contribution in [2.24, 2.45) is 0 Å². The Hall–Kier alpha value is -0.970. The van der Waals surface area contributed by atoms with Crippen LogP contribution >= 0.6 is 23.2 Å². The summed E-state index contributed by atoms with van der Waals surface area (Å²) in [5, 5.41) is 3.36. The van der Waals surface area contributed by atoms with E-state index in [-0.39, 0.29) is 5.91 Å². The van der Waals surface area contributed by atoms with Crippen LogP contribution in [0.2, 0.25) is 10.0 Å². The van der Waals surface area contributed by atoms with Gasteiger partial charge in [-0.3, -0.25) is 4.79 Å². The Bertz CT molecular complexity index is 461. The van der Waals surface area contributed by atoms with E-state index in [4.69, 9.17) is 33.7 Å². The van der Waals surface area contributed by atoms with Crippen molar-refractivity contribution in [2.45, 2.75) is 39.4 Å². The number of carbonyl (C=O) groups is 1. The number of benzene rings is 1. The molecule has 0 heterocycles. The molecule has 3 N–H and O–H groups in total. The van der Waals surface area contributed by atoms with Gasteiger partial charge in [0.2, 0.25) is 0 Å². The van der Waals surface area contributed by atoms with E-state index < -0.39 is 11.7 Å². The summed E-state index contributed by atoms with van der Waals surface area (Å²) in [5.74, 6) is -0.314. The predicted molar refractivity (Wildman–Crippen MR) is 79.8 cm³/mol. The Labute approximate surface area is 123 Å². The van der Waals surface area contributed by atoms with Gasteiger partial charge in [-0.1, -0.05) is 23.2 Å². The number of hydrogen-bond acceptors (Lipinski definition) is 3. The molecular weight excluding hydrogens is 287 g/mol. The van der Waals surface area contributed by atoms with Crippen molar-refractivity contribution >= 4 is 40.5 Å². The van der Waals surface area contributed by atoms with E-state index in [1.165, 1.54) is 12.1 Å². The molecule has 1 aromatic rings. The van der Waals surface area contributed by atoms with Crippen LogP contribution in [-0.2, 0) is 9.53 Å². The molecule has 1 atom stereocenters. The highest BCUT2D eigenvalue weighted by Crippen LogP contribution is 2.32. The maximum atomic E-state index is 12.0. The quantitative estimate of drug-likeness (QED) is 0.837. The van der Waals surface area contributed by atoms with Crippen LogP contribution in [0.25, 0.3) is 0 Å². The van der Waals surface area contributed by atoms with Gasteiger partial charge < -0.3 is 15.8 Å². The third-order valence-electron chi connectivity index (χ3n) is 2.23. The lowest BCUT2D eigenvalue weighted by molar-refractivity contribution is -0.135. The van der Waals surface area contributed by atoms with Crippen LogP contribution in [0.3, 0.4) is 0 Å². The largest absolute Gasteiger partial charge is 0.397 e. The number of rotatable bonds is 3. The summed E-state index contributed by atoms with van der Waals surface area (Å²) in [6, 6.07) is 3.04. The normalized spacial score (nSPS) is 13.2. The van der Waals surface area contributed by atoms with Crippen molar-refractivity contribution in [1.82, 2.24) is 0 Å². The van der Waals surface area contributed by atoms with Crippen molar-refractivity contribution in [3.8, 4) is 0 Å². The zero-order valence-electron chi connectivity index (χ0n) is 11.4. The van der Waals surface area contributed by atoms with E-state index in [1.54, 1.807) is 6.92 Å². The smallest absolute Gasteiger partial charge is 0.253 e. The molecule has 1 amide bonds. The Morgan fingerprint density at radius 1 is 1.37 bits per heavy atom. The van der Waals surface area contributed by atoms with Crippen LogP contribution in [0.4, 0.5) is 11.4 Å². The summed E-state index contributed by atoms with van der Waals surface area (Å²) in [7, 11) is 0. The molecule has 1 rings (SSSR count). The number of hydrogen-bond donors (Lipinski definition) is 2. The van der Waals surface area contributed by atoms with Crippen molar-refractivity contribution in [1.29, 1.82) is 0 Å². The molecule has 0 bridgehead atoms. The number of nitrogen functional groups attached to an aromatic ring is 1. The molecule has 0 aliphatic heterocycles. The van der Waals surface area contributed by atoms with E-state index in [1.807, 2.05) is 20.8 Å². The van der Waals surface area contributed by atoms with Crippen molar-refractivity contribution in [3.05, 3.63) is 22.2 Å². The predicted octanol–water partition coefficient (Wildman–Crippen LogP) is 3.72. The third-order valence-corrected chi connectivity index (χ3v) is 2.75. The first-order valence-corrected chi connectivity index (χ1v) is 6.59. The summed E-state index contributed by atoms with van der Waals surface area (Å²) >= 11 is 11.8. The second-order valence-electron chi connectivity index (χ2n) is 5.21. The molecular formula is C13H18Cl2N2O2. The molecule has 0 aromatic heterocycles. The fourth-order valence-corrected chi connectivity index (χ4v) is 2.09. The number of halogens is 2. The van der Waals surface area contributed by atoms with Crippen LogP contribution in [0.1, 0.15) is 27.7 Å². The van der Waals surface area contributed by atoms with E-state index in [0.717, 1.165) is 0 Å². The maximum absolute atomic E-state index is 12.0. The number of anilines is 2. The fraction of sp³-hybridized carbons (Fsp3) is 0.462. The highest BCUT2D eigenvalue weighted by molar-refractivity contribution is 6.37. The summed E-state index contributed by atoms with van der Waals surface area (Å²) in [4.78, 5) is 12.0. The van der Waals surface area contributed by atoms with E-state index in [9.17, 15) is 4.79 Å². The van der Waals surface area contributed by atoms with Gasteiger partial charge in [0, 0.05) is 5.02 Å². The lowest BCUT2D eigenvalue weighted by atomic mass is 10.2. The minimum atomic E-state index is -0.619. The van der Waals surface area contributed by atoms with Gasteiger partial charge in [0.25, 0.3) is 5.91 Å². The number of amides is 1. The summed E-state index contributed by atoms with van der Waals surface area (Å²) in [6.07, 6.45) is -0.619. The monoisotopic (exact) mass is 304 g/mol. The van der Waals surface area contributed by atoms with Gasteiger partial charge in [0.1, 0.15) is 6.10 Å². The van der Waals surface area contributed by atoms with Crippen molar-refractivity contribution < 1.29 is 9.53 Å². The Balaban J connectivity index is 2.83. The number of carbonyl (C=O) groups excluding carboxylic acids is 1. The van der Waals surface area contributed by atoms with Gasteiger partial charge in [-0.25, -0.2) is 0 Å². The molecule has 0 saturated heterocycles. The lowest BCUT2D eigenvalue weighted by Crippen LogP contribution is -2.34. The fourth-order valence-electron chi connectivity index (χ4n) is 1.53. The van der Waals surface area contributed by atoms with Crippen LogP contribution in [-0.4, -0.2) is 17.6 Å². The van der Waals surface area contributed by atoms with E-state index in [0.29, 0.717) is 21.4 Å². The summed E-state index contributed by atoms with van der Waals surface area (Å²) in [6.45, 7) is 7.29. The molecule has 0 spiro atoms. The van der Waals surface area contributed by atoms with E-state index >= 15 is 0 Å². The van der Waals surface area contributed by atoms with Gasteiger partial charge in [0.05, 0.1) is 22.0 Å². The molecule has 0 aliphatic rings. The summed E-state index contributed by atoms with van der Waals surface area (Å²) < 4.78 is 5.55. The third kappa shape index (κ3) is 4.90. The van der Waals surface area contributed by atoms with Gasteiger partial charge in [-0.2, -0.15) is 0 Å². The van der Waals surface area contributed by atoms with Crippen LogP contribution in [0, 0.1) is 0 Å². The minimum Gasteiger partial charge on any atom is -0.397 e. The van der Waals surface area contributed by atoms with E-state index in [2.05, 4.69) is 5.32 Å². The first-order valence-electron chi connectivity index (χ1n) is 5.83. The zero-order valence-corrected chi connectivity index (χ0v) is 12.9. The molecule has 0 fully saturated rings. The lowest BCUT2D eigenvalue weighted by Gasteiger charge is -2.24. The molecule has 1 unspecified atom stereocenters. The van der Waals surface area contributed by atoms with Crippen LogP contribution in [0.15, 0.2) is 12.1 Å². The molecule has 4 nitrogen and oxygen atoms in total. The number of nitrogens with one attached hydrogen (secondary N) is 1. The maximum Gasteiger partial charge on any atom is 0.253 e. The second kappa shape index (κ2) is 5.99. The molecule has 0 aliphatic carbocycles. The Kier molecular flexibility index (Phi) is 5.07. The Morgan fingerprint density at radius 3 is 2.42 bits per heavy atom. The highest BCUT2D eigenvalue weighted by atomic mass is 35.5. The first kappa shape index (κ1) is 16.1. The standard InChI is InChI=1S/C13H18Cl2N2O2/c1-7(19-13(2,3)4)12(18)17-11-9(15)5-8(14)6-10(11)16/h5-7H,16H2,1-4H3,(H,17,18). The van der Waals surface area contributed by atoms with Crippen LogP contribution < -0.4 is 11.1 Å². The molecule has 1 aromatic carbocycles. The van der Waals surface area contributed by atoms with Crippen molar-refractivity contribution in [3.63, 3.8) is 0 Å². The average Bonchev–Trinajstić information content (AvgIpc) is 2.20. The van der Waals surface area contributed by atoms with Gasteiger partial charge in [-0.05, 0) is 39.8 Å². The van der Waals surface area contributed by atoms with Crippen LogP contribution in [0.5, 0.6) is 0 Å². The van der Waals surface area contributed by atoms with Gasteiger partial charge >= 0.3 is 0 Å². The minimum absolute atomic E-state index is 0.293. The molecule has 19 heavy (non-hydrogen) atoms. The molecule has 0 saturated carbocycles. The average molecular weight is 305 g/mol. The van der Waals surface area contributed by atoms with Gasteiger partial charge in [-0.15, -0.1) is 0 Å². The molecule has 0 radical (unpaired) electrons. The first-order chi connectivity index (χ1) is 8.60. The molecule has 106 valence electrons. The second-order valence-corrected chi connectivity index (χ2v) is 6.06. The summed E-state index contributed by atoms with van der Waals surface area (Å²) in [5.41, 5.74) is 6.02. The highest BCUT2D eigenvalue weighted by Gasteiger charge is 2.22. The molecule has 6 heteroatoms. The van der Waals surface area contributed by atoms with Gasteiger partial charge in [0.15, 0.2) is 0 Å².